The van der Waals surface area contributed by atoms with Crippen molar-refractivity contribution in [3.63, 3.8) is 0 Å². The molecule has 0 radical (unpaired) electrons. The van der Waals surface area contributed by atoms with Gasteiger partial charge in [-0.2, -0.15) is 0 Å². The van der Waals surface area contributed by atoms with Gasteiger partial charge in [-0.25, -0.2) is 0 Å². The lowest BCUT2D eigenvalue weighted by molar-refractivity contribution is -0.123. The van der Waals surface area contributed by atoms with E-state index in [0.717, 1.165) is 33.4 Å². The van der Waals surface area contributed by atoms with Crippen LogP contribution in [-0.4, -0.2) is 41.8 Å². The minimum absolute atomic E-state index is 0.111. The first-order chi connectivity index (χ1) is 15.0. The molecule has 1 fully saturated rings. The van der Waals surface area contributed by atoms with Gasteiger partial charge in [0, 0.05) is 19.2 Å². The lowest BCUT2D eigenvalue weighted by atomic mass is 10.1. The standard InChI is InChI=1S/C23H20N2O5S/c1-15-2-4-17(5-3-15)13-20-22(27)25(23(28)31-20)11-10-24-21(26)9-7-16-6-8-18-19(12-16)30-14-29-18/h2-9,12-13H,10-11,14H2,1H3,(H,24,26)/b9-7+,20-13-. The molecule has 0 saturated carbocycles. The molecule has 7 nitrogen and oxygen atoms in total. The number of thioether (sulfide) groups is 1. The molecule has 2 aromatic rings. The Balaban J connectivity index is 1.29. The van der Waals surface area contributed by atoms with Crippen LogP contribution in [-0.2, 0) is 9.59 Å². The van der Waals surface area contributed by atoms with E-state index in [2.05, 4.69) is 5.32 Å². The van der Waals surface area contributed by atoms with Crippen molar-refractivity contribution >= 4 is 41.0 Å². The van der Waals surface area contributed by atoms with E-state index >= 15 is 0 Å². The highest BCUT2D eigenvalue weighted by molar-refractivity contribution is 8.18. The van der Waals surface area contributed by atoms with Crippen LogP contribution in [0.3, 0.4) is 0 Å². The van der Waals surface area contributed by atoms with Crippen molar-refractivity contribution in [2.45, 2.75) is 6.92 Å². The van der Waals surface area contributed by atoms with Gasteiger partial charge in [0.15, 0.2) is 11.5 Å². The average Bonchev–Trinajstić information content (AvgIpc) is 3.33. The Labute approximate surface area is 183 Å². The summed E-state index contributed by atoms with van der Waals surface area (Å²) in [4.78, 5) is 38.3. The monoisotopic (exact) mass is 436 g/mol. The van der Waals surface area contributed by atoms with Crippen LogP contribution in [0, 0.1) is 6.92 Å². The Kier molecular flexibility index (Phi) is 6.08. The van der Waals surface area contributed by atoms with Crippen LogP contribution in [0.5, 0.6) is 11.5 Å². The van der Waals surface area contributed by atoms with Crippen LogP contribution in [0.4, 0.5) is 4.79 Å². The molecule has 0 bridgehead atoms. The molecule has 0 atom stereocenters. The Hall–Kier alpha value is -3.52. The minimum Gasteiger partial charge on any atom is -0.454 e. The third kappa shape index (κ3) is 4.97. The second-order valence-corrected chi connectivity index (χ2v) is 7.97. The summed E-state index contributed by atoms with van der Waals surface area (Å²) in [6, 6.07) is 13.1. The van der Waals surface area contributed by atoms with E-state index in [9.17, 15) is 14.4 Å². The predicted octanol–water partition coefficient (Wildman–Crippen LogP) is 3.59. The summed E-state index contributed by atoms with van der Waals surface area (Å²) in [6.07, 6.45) is 4.75. The molecule has 158 valence electrons. The van der Waals surface area contributed by atoms with Gasteiger partial charge < -0.3 is 14.8 Å². The third-order valence-corrected chi connectivity index (χ3v) is 5.61. The van der Waals surface area contributed by atoms with Gasteiger partial charge in [-0.1, -0.05) is 35.9 Å². The number of imide groups is 1. The molecule has 1 saturated heterocycles. The molecular weight excluding hydrogens is 416 g/mol. The van der Waals surface area contributed by atoms with Gasteiger partial charge in [0.2, 0.25) is 12.7 Å². The average molecular weight is 436 g/mol. The molecule has 31 heavy (non-hydrogen) atoms. The fourth-order valence-corrected chi connectivity index (χ4v) is 3.91. The molecule has 2 heterocycles. The van der Waals surface area contributed by atoms with E-state index in [1.54, 1.807) is 24.3 Å². The highest BCUT2D eigenvalue weighted by Gasteiger charge is 2.34. The van der Waals surface area contributed by atoms with Crippen LogP contribution in [0.15, 0.2) is 53.4 Å². The molecule has 0 spiro atoms. The second-order valence-electron chi connectivity index (χ2n) is 6.98. The van der Waals surface area contributed by atoms with Crippen LogP contribution >= 0.6 is 11.8 Å². The number of carbonyl (C=O) groups excluding carboxylic acids is 3. The molecule has 2 aliphatic heterocycles. The quantitative estimate of drug-likeness (QED) is 0.697. The SMILES string of the molecule is Cc1ccc(/C=C2\SC(=O)N(CCNC(=O)/C=C/c3ccc4c(c3)OCO4)C2=O)cc1. The van der Waals surface area contributed by atoms with E-state index in [4.69, 9.17) is 9.47 Å². The minimum atomic E-state index is -0.347. The van der Waals surface area contributed by atoms with Crippen molar-refractivity contribution in [3.05, 3.63) is 70.1 Å². The van der Waals surface area contributed by atoms with Gasteiger partial charge >= 0.3 is 0 Å². The zero-order valence-electron chi connectivity index (χ0n) is 16.8. The largest absolute Gasteiger partial charge is 0.454 e. The predicted molar refractivity (Wildman–Crippen MR) is 118 cm³/mol. The molecule has 0 unspecified atom stereocenters. The van der Waals surface area contributed by atoms with E-state index < -0.39 is 0 Å². The third-order valence-electron chi connectivity index (χ3n) is 4.71. The molecule has 0 aliphatic carbocycles. The molecular formula is C23H20N2O5S. The summed E-state index contributed by atoms with van der Waals surface area (Å²) in [6.45, 7) is 2.45. The van der Waals surface area contributed by atoms with Crippen LogP contribution in [0.25, 0.3) is 12.2 Å². The molecule has 3 amide bonds. The lowest BCUT2D eigenvalue weighted by Gasteiger charge is -2.12. The normalized spacial score (nSPS) is 16.5. The number of nitrogens with one attached hydrogen (secondary N) is 1. The number of amides is 3. The van der Waals surface area contributed by atoms with Crippen LogP contribution < -0.4 is 14.8 Å². The number of carbonyl (C=O) groups is 3. The van der Waals surface area contributed by atoms with Crippen molar-refractivity contribution in [1.29, 1.82) is 0 Å². The fourth-order valence-electron chi connectivity index (χ4n) is 3.05. The van der Waals surface area contributed by atoms with Gasteiger partial charge in [-0.15, -0.1) is 0 Å². The van der Waals surface area contributed by atoms with Gasteiger partial charge in [-0.3, -0.25) is 19.3 Å². The Morgan fingerprint density at radius 1 is 1.10 bits per heavy atom. The van der Waals surface area contributed by atoms with Gasteiger partial charge in [-0.05, 0) is 54.1 Å². The number of hydrogen-bond acceptors (Lipinski definition) is 6. The topological polar surface area (TPSA) is 84.9 Å². The summed E-state index contributed by atoms with van der Waals surface area (Å²) >= 11 is 0.907. The zero-order valence-corrected chi connectivity index (χ0v) is 17.6. The van der Waals surface area contributed by atoms with Gasteiger partial charge in [0.25, 0.3) is 11.1 Å². The number of aryl methyl sites for hydroxylation is 1. The Morgan fingerprint density at radius 2 is 1.84 bits per heavy atom. The van der Waals surface area contributed by atoms with Gasteiger partial charge in [0.1, 0.15) is 0 Å². The fraction of sp³-hybridized carbons (Fsp3) is 0.174. The number of fused-ring (bicyclic) bond motifs is 1. The molecule has 2 aliphatic rings. The molecule has 2 aromatic carbocycles. The zero-order chi connectivity index (χ0) is 21.8. The van der Waals surface area contributed by atoms with Crippen molar-refractivity contribution in [2.75, 3.05) is 19.9 Å². The highest BCUT2D eigenvalue weighted by atomic mass is 32.2. The van der Waals surface area contributed by atoms with Crippen molar-refractivity contribution in [2.24, 2.45) is 0 Å². The molecule has 0 aromatic heterocycles. The number of hydrogen-bond donors (Lipinski definition) is 1. The lowest BCUT2D eigenvalue weighted by Crippen LogP contribution is -2.36. The summed E-state index contributed by atoms with van der Waals surface area (Å²) in [5.41, 5.74) is 2.78. The number of ether oxygens (including phenoxy) is 2. The first-order valence-electron chi connectivity index (χ1n) is 9.67. The van der Waals surface area contributed by atoms with Crippen molar-refractivity contribution in [1.82, 2.24) is 10.2 Å². The van der Waals surface area contributed by atoms with Gasteiger partial charge in [0.05, 0.1) is 4.91 Å². The summed E-state index contributed by atoms with van der Waals surface area (Å²) in [5.74, 6) is 0.649. The first-order valence-corrected chi connectivity index (χ1v) is 10.5. The number of benzene rings is 2. The number of rotatable bonds is 6. The maximum Gasteiger partial charge on any atom is 0.293 e. The summed E-state index contributed by atoms with van der Waals surface area (Å²) in [7, 11) is 0. The molecule has 4 rings (SSSR count). The number of nitrogens with zero attached hydrogens (tertiary/aromatic N) is 1. The van der Waals surface area contributed by atoms with E-state index in [1.165, 1.54) is 6.08 Å². The van der Waals surface area contributed by atoms with Crippen molar-refractivity contribution in [3.8, 4) is 11.5 Å². The molecule has 8 heteroatoms. The van der Waals surface area contributed by atoms with Crippen LogP contribution in [0.2, 0.25) is 0 Å². The summed E-state index contributed by atoms with van der Waals surface area (Å²) in [5, 5.41) is 2.35. The summed E-state index contributed by atoms with van der Waals surface area (Å²) < 4.78 is 10.6. The molecule has 1 N–H and O–H groups in total. The smallest absolute Gasteiger partial charge is 0.293 e. The van der Waals surface area contributed by atoms with E-state index in [-0.39, 0.29) is 36.9 Å². The van der Waals surface area contributed by atoms with E-state index in [1.807, 2.05) is 37.3 Å². The second kappa shape index (κ2) is 9.09. The van der Waals surface area contributed by atoms with E-state index in [0.29, 0.717) is 16.4 Å². The maximum absolute atomic E-state index is 12.5. The first kappa shape index (κ1) is 20.7. The van der Waals surface area contributed by atoms with Crippen LogP contribution in [0.1, 0.15) is 16.7 Å². The highest BCUT2D eigenvalue weighted by Crippen LogP contribution is 2.33. The Bertz CT molecular complexity index is 1090. The maximum atomic E-state index is 12.5. The Morgan fingerprint density at radius 3 is 2.65 bits per heavy atom. The van der Waals surface area contributed by atoms with Crippen molar-refractivity contribution < 1.29 is 23.9 Å².